The molecule has 1 fully saturated rings. The van der Waals surface area contributed by atoms with Crippen molar-refractivity contribution >= 4 is 23.4 Å². The van der Waals surface area contributed by atoms with E-state index in [1.54, 1.807) is 6.20 Å². The van der Waals surface area contributed by atoms with Gasteiger partial charge in [0.2, 0.25) is 5.91 Å². The second-order valence-corrected chi connectivity index (χ2v) is 6.69. The maximum atomic E-state index is 12.0. The molecule has 0 unspecified atom stereocenters. The third-order valence-electron chi connectivity index (χ3n) is 3.86. The number of nitrogens with zero attached hydrogens (tertiary/aromatic N) is 3. The van der Waals surface area contributed by atoms with E-state index in [4.69, 9.17) is 4.74 Å². The van der Waals surface area contributed by atoms with Crippen LogP contribution >= 0.6 is 11.8 Å². The number of morpholine rings is 1. The molecule has 1 aromatic heterocycles. The van der Waals surface area contributed by atoms with Gasteiger partial charge in [-0.25, -0.2) is 4.98 Å². The van der Waals surface area contributed by atoms with E-state index in [0.29, 0.717) is 5.75 Å². The molecule has 1 amide bonds. The minimum Gasteiger partial charge on any atom is -0.379 e. The number of imidazole rings is 1. The van der Waals surface area contributed by atoms with Gasteiger partial charge in [0.15, 0.2) is 5.16 Å². The van der Waals surface area contributed by atoms with Crippen LogP contribution in [0.5, 0.6) is 0 Å². The minimum absolute atomic E-state index is 0.0241. The Labute approximate surface area is 146 Å². The molecule has 24 heavy (non-hydrogen) atoms. The van der Waals surface area contributed by atoms with Gasteiger partial charge in [0.1, 0.15) is 0 Å². The van der Waals surface area contributed by atoms with Crippen molar-refractivity contribution in [2.24, 2.45) is 7.05 Å². The van der Waals surface area contributed by atoms with Crippen molar-refractivity contribution in [2.75, 3.05) is 37.4 Å². The van der Waals surface area contributed by atoms with Gasteiger partial charge in [-0.2, -0.15) is 0 Å². The maximum Gasteiger partial charge on any atom is 0.234 e. The Kier molecular flexibility index (Phi) is 5.90. The first-order valence-corrected chi connectivity index (χ1v) is 8.98. The number of hydrogen-bond donors (Lipinski definition) is 1. The van der Waals surface area contributed by atoms with Crippen molar-refractivity contribution in [1.29, 1.82) is 0 Å². The Balaban J connectivity index is 1.46. The van der Waals surface area contributed by atoms with Gasteiger partial charge in [-0.3, -0.25) is 9.69 Å². The summed E-state index contributed by atoms with van der Waals surface area (Å²) in [5.74, 6) is 0.323. The summed E-state index contributed by atoms with van der Waals surface area (Å²) in [5.41, 5.74) is 2.07. The summed E-state index contributed by atoms with van der Waals surface area (Å²) in [7, 11) is 1.92. The monoisotopic (exact) mass is 346 g/mol. The molecule has 0 atom stereocenters. The molecule has 1 saturated heterocycles. The van der Waals surface area contributed by atoms with Gasteiger partial charge in [0, 0.05) is 44.8 Å². The Morgan fingerprint density at radius 1 is 1.29 bits per heavy atom. The number of rotatable bonds is 6. The van der Waals surface area contributed by atoms with Gasteiger partial charge >= 0.3 is 0 Å². The van der Waals surface area contributed by atoms with Crippen molar-refractivity contribution in [3.05, 3.63) is 42.2 Å². The number of thioether (sulfide) groups is 1. The smallest absolute Gasteiger partial charge is 0.234 e. The van der Waals surface area contributed by atoms with E-state index < -0.39 is 0 Å². The lowest BCUT2D eigenvalue weighted by molar-refractivity contribution is -0.113. The number of anilines is 1. The molecule has 1 aromatic carbocycles. The molecule has 0 bridgehead atoms. The molecule has 0 spiro atoms. The Bertz CT molecular complexity index is 665. The first-order valence-electron chi connectivity index (χ1n) is 8.00. The van der Waals surface area contributed by atoms with E-state index in [1.807, 2.05) is 29.9 Å². The van der Waals surface area contributed by atoms with Crippen molar-refractivity contribution in [3.63, 3.8) is 0 Å². The van der Waals surface area contributed by atoms with Crippen LogP contribution in [0.25, 0.3) is 0 Å². The second-order valence-electron chi connectivity index (χ2n) is 5.74. The average Bonchev–Trinajstić information content (AvgIpc) is 3.01. The van der Waals surface area contributed by atoms with E-state index in [0.717, 1.165) is 43.7 Å². The highest BCUT2D eigenvalue weighted by Crippen LogP contribution is 2.16. The van der Waals surface area contributed by atoms with Crippen LogP contribution < -0.4 is 5.32 Å². The van der Waals surface area contributed by atoms with Crippen LogP contribution in [-0.2, 0) is 23.1 Å². The van der Waals surface area contributed by atoms with Crippen LogP contribution in [0.4, 0.5) is 5.69 Å². The van der Waals surface area contributed by atoms with Gasteiger partial charge < -0.3 is 14.6 Å². The molecule has 0 aliphatic carbocycles. The van der Waals surface area contributed by atoms with Gasteiger partial charge in [-0.15, -0.1) is 0 Å². The van der Waals surface area contributed by atoms with Gasteiger partial charge in [0.25, 0.3) is 0 Å². The molecule has 128 valence electrons. The molecular formula is C17H22N4O2S. The third-order valence-corrected chi connectivity index (χ3v) is 4.92. The first-order chi connectivity index (χ1) is 11.7. The molecule has 2 heterocycles. The summed E-state index contributed by atoms with van der Waals surface area (Å²) >= 11 is 1.43. The Morgan fingerprint density at radius 3 is 2.71 bits per heavy atom. The quantitative estimate of drug-likeness (QED) is 0.811. The number of ether oxygens (including phenoxy) is 1. The van der Waals surface area contributed by atoms with E-state index >= 15 is 0 Å². The summed E-state index contributed by atoms with van der Waals surface area (Å²) in [6, 6.07) is 8.05. The minimum atomic E-state index is -0.0241. The molecule has 1 aliphatic heterocycles. The van der Waals surface area contributed by atoms with Crippen LogP contribution in [0.3, 0.4) is 0 Å². The zero-order valence-electron chi connectivity index (χ0n) is 13.8. The Hall–Kier alpha value is -1.83. The number of aryl methyl sites for hydroxylation is 1. The number of carbonyl (C=O) groups is 1. The molecule has 0 saturated carbocycles. The van der Waals surface area contributed by atoms with Crippen molar-refractivity contribution in [2.45, 2.75) is 11.7 Å². The molecule has 1 N–H and O–H groups in total. The van der Waals surface area contributed by atoms with Crippen LogP contribution in [0.15, 0.2) is 41.8 Å². The molecule has 3 rings (SSSR count). The fourth-order valence-corrected chi connectivity index (χ4v) is 3.26. The standard InChI is InChI=1S/C17H22N4O2S/c1-20-7-6-18-17(20)24-13-16(22)19-15-4-2-14(3-5-15)12-21-8-10-23-11-9-21/h2-7H,8-13H2,1H3,(H,19,22). The SMILES string of the molecule is Cn1ccnc1SCC(=O)Nc1ccc(CN2CCOCC2)cc1. The third kappa shape index (κ3) is 4.83. The van der Waals surface area contributed by atoms with E-state index in [1.165, 1.54) is 17.3 Å². The lowest BCUT2D eigenvalue weighted by Gasteiger charge is -2.26. The van der Waals surface area contributed by atoms with Crippen LogP contribution in [-0.4, -0.2) is 52.4 Å². The maximum absolute atomic E-state index is 12.0. The molecular weight excluding hydrogens is 324 g/mol. The number of amides is 1. The Morgan fingerprint density at radius 2 is 2.04 bits per heavy atom. The molecule has 1 aliphatic rings. The highest BCUT2D eigenvalue weighted by Gasteiger charge is 2.11. The number of hydrogen-bond acceptors (Lipinski definition) is 5. The summed E-state index contributed by atoms with van der Waals surface area (Å²) in [4.78, 5) is 18.6. The molecule has 7 heteroatoms. The lowest BCUT2D eigenvalue weighted by Crippen LogP contribution is -2.35. The number of aromatic nitrogens is 2. The molecule has 2 aromatic rings. The van der Waals surface area contributed by atoms with Crippen LogP contribution in [0, 0.1) is 0 Å². The summed E-state index contributed by atoms with van der Waals surface area (Å²) in [5, 5.41) is 3.76. The predicted octanol–water partition coefficient (Wildman–Crippen LogP) is 1.98. The highest BCUT2D eigenvalue weighted by atomic mass is 32.2. The van der Waals surface area contributed by atoms with E-state index in [-0.39, 0.29) is 5.91 Å². The van der Waals surface area contributed by atoms with E-state index in [9.17, 15) is 4.79 Å². The van der Waals surface area contributed by atoms with Gasteiger partial charge in [-0.05, 0) is 17.7 Å². The summed E-state index contributed by atoms with van der Waals surface area (Å²) in [6.45, 7) is 4.49. The van der Waals surface area contributed by atoms with Gasteiger partial charge in [-0.1, -0.05) is 23.9 Å². The number of carbonyl (C=O) groups excluding carboxylic acids is 1. The topological polar surface area (TPSA) is 59.4 Å². The lowest BCUT2D eigenvalue weighted by atomic mass is 10.2. The highest BCUT2D eigenvalue weighted by molar-refractivity contribution is 7.99. The van der Waals surface area contributed by atoms with Gasteiger partial charge in [0.05, 0.1) is 19.0 Å². The second kappa shape index (κ2) is 8.32. The number of nitrogens with one attached hydrogen (secondary N) is 1. The van der Waals surface area contributed by atoms with E-state index in [2.05, 4.69) is 27.3 Å². The zero-order valence-corrected chi connectivity index (χ0v) is 14.6. The number of benzene rings is 1. The van der Waals surface area contributed by atoms with Crippen molar-refractivity contribution in [1.82, 2.24) is 14.5 Å². The summed E-state index contributed by atoms with van der Waals surface area (Å²) in [6.07, 6.45) is 3.60. The van der Waals surface area contributed by atoms with Crippen molar-refractivity contribution in [3.8, 4) is 0 Å². The van der Waals surface area contributed by atoms with Crippen molar-refractivity contribution < 1.29 is 9.53 Å². The van der Waals surface area contributed by atoms with Crippen LogP contribution in [0.1, 0.15) is 5.56 Å². The fraction of sp³-hybridized carbons (Fsp3) is 0.412. The molecule has 6 nitrogen and oxygen atoms in total. The summed E-state index contributed by atoms with van der Waals surface area (Å²) < 4.78 is 7.26. The first kappa shape index (κ1) is 17.0. The predicted molar refractivity (Wildman–Crippen MR) is 95.1 cm³/mol. The largest absolute Gasteiger partial charge is 0.379 e. The fourth-order valence-electron chi connectivity index (χ4n) is 2.53. The normalized spacial score (nSPS) is 15.4. The molecule has 0 radical (unpaired) electrons. The zero-order chi connectivity index (χ0) is 16.8. The average molecular weight is 346 g/mol. The van der Waals surface area contributed by atoms with Crippen LogP contribution in [0.2, 0.25) is 0 Å².